The van der Waals surface area contributed by atoms with E-state index in [2.05, 4.69) is 4.98 Å². The van der Waals surface area contributed by atoms with E-state index >= 15 is 0 Å². The Labute approximate surface area is 186 Å². The minimum Gasteiger partial charge on any atom is -0.278 e. The van der Waals surface area contributed by atoms with Gasteiger partial charge in [-0.2, -0.15) is 0 Å². The van der Waals surface area contributed by atoms with E-state index in [1.807, 2.05) is 36.4 Å². The molecule has 1 N–H and O–H groups in total. The van der Waals surface area contributed by atoms with Crippen LogP contribution in [0.4, 0.5) is 9.52 Å². The summed E-state index contributed by atoms with van der Waals surface area (Å²) < 4.78 is 13.5. The van der Waals surface area contributed by atoms with Gasteiger partial charge in [-0.3, -0.25) is 15.2 Å². The predicted molar refractivity (Wildman–Crippen MR) is 123 cm³/mol. The molecule has 0 spiro atoms. The van der Waals surface area contributed by atoms with Crippen molar-refractivity contribution >= 4 is 45.0 Å². The fourth-order valence-electron chi connectivity index (χ4n) is 3.41. The van der Waals surface area contributed by atoms with Crippen LogP contribution in [0.2, 0.25) is 0 Å². The highest BCUT2D eigenvalue weighted by molar-refractivity contribution is 8.19. The first kappa shape index (κ1) is 19.6. The van der Waals surface area contributed by atoms with Crippen molar-refractivity contribution < 1.29 is 9.18 Å². The molecule has 1 fully saturated rings. The van der Waals surface area contributed by atoms with E-state index in [0.29, 0.717) is 15.7 Å². The van der Waals surface area contributed by atoms with Gasteiger partial charge in [0.1, 0.15) is 5.82 Å². The molecule has 31 heavy (non-hydrogen) atoms. The Bertz CT molecular complexity index is 1250. The molecular formula is C23H15FN4OS2. The predicted octanol–water partition coefficient (Wildman–Crippen LogP) is 5.35. The van der Waals surface area contributed by atoms with Crippen LogP contribution < -0.4 is 4.90 Å². The van der Waals surface area contributed by atoms with Gasteiger partial charge in [0.05, 0.1) is 16.7 Å². The third-order valence-corrected chi connectivity index (χ3v) is 6.50. The van der Waals surface area contributed by atoms with Gasteiger partial charge in [0.2, 0.25) is 0 Å². The number of thiazole rings is 1. The van der Waals surface area contributed by atoms with Gasteiger partial charge >= 0.3 is 0 Å². The van der Waals surface area contributed by atoms with E-state index in [0.717, 1.165) is 28.5 Å². The third-order valence-electron chi connectivity index (χ3n) is 4.86. The monoisotopic (exact) mass is 446 g/mol. The Morgan fingerprint density at radius 2 is 1.87 bits per heavy atom. The lowest BCUT2D eigenvalue weighted by Gasteiger charge is -2.09. The Hall–Kier alpha value is -3.36. The Kier molecular flexibility index (Phi) is 5.09. The number of aliphatic imine (C=N–C) groups is 1. The Balaban J connectivity index is 1.54. The van der Waals surface area contributed by atoms with E-state index in [4.69, 9.17) is 10.4 Å². The highest BCUT2D eigenvalue weighted by Gasteiger charge is 2.36. The second-order valence-electron chi connectivity index (χ2n) is 6.83. The van der Waals surface area contributed by atoms with Crippen LogP contribution in [0, 0.1) is 11.2 Å². The second kappa shape index (κ2) is 8.05. The number of benzene rings is 2. The SMILES string of the molecule is N=C1S/C(=C\C2=CC(c3ccccc3)N=C2c2ccc(F)cc2)C(=O)N1c1nccs1. The molecule has 0 bridgehead atoms. The number of carbonyl (C=O) groups excluding carboxylic acids is 1. The molecule has 5 nitrogen and oxygen atoms in total. The lowest BCUT2D eigenvalue weighted by atomic mass is 10.0. The smallest absolute Gasteiger partial charge is 0.273 e. The van der Waals surface area contributed by atoms with Gasteiger partial charge in [-0.25, -0.2) is 14.3 Å². The minimum atomic E-state index is -0.320. The molecule has 1 aromatic heterocycles. The van der Waals surface area contributed by atoms with Crippen LogP contribution in [0.25, 0.3) is 0 Å². The number of nitrogens with one attached hydrogen (secondary N) is 1. The number of nitrogens with zero attached hydrogens (tertiary/aromatic N) is 3. The lowest BCUT2D eigenvalue weighted by molar-refractivity contribution is -0.113. The van der Waals surface area contributed by atoms with Gasteiger partial charge < -0.3 is 0 Å². The average molecular weight is 447 g/mol. The largest absolute Gasteiger partial charge is 0.278 e. The molecule has 0 radical (unpaired) electrons. The van der Waals surface area contributed by atoms with Crippen LogP contribution >= 0.6 is 23.1 Å². The quantitative estimate of drug-likeness (QED) is 0.549. The van der Waals surface area contributed by atoms with Crippen molar-refractivity contribution in [2.24, 2.45) is 4.99 Å². The number of aromatic nitrogens is 1. The number of allylic oxidation sites excluding steroid dienone is 2. The van der Waals surface area contributed by atoms with Gasteiger partial charge in [-0.05, 0) is 53.7 Å². The Morgan fingerprint density at radius 3 is 2.58 bits per heavy atom. The fourth-order valence-corrected chi connectivity index (χ4v) is 4.95. The zero-order valence-corrected chi connectivity index (χ0v) is 17.7. The topological polar surface area (TPSA) is 69.4 Å². The highest BCUT2D eigenvalue weighted by Crippen LogP contribution is 2.37. The van der Waals surface area contributed by atoms with Crippen molar-refractivity contribution in [3.63, 3.8) is 0 Å². The molecule has 3 aromatic rings. The van der Waals surface area contributed by atoms with E-state index < -0.39 is 0 Å². The highest BCUT2D eigenvalue weighted by atomic mass is 32.2. The molecule has 152 valence electrons. The lowest BCUT2D eigenvalue weighted by Crippen LogP contribution is -2.27. The molecule has 0 aliphatic carbocycles. The summed E-state index contributed by atoms with van der Waals surface area (Å²) in [5.41, 5.74) is 3.25. The van der Waals surface area contributed by atoms with Gasteiger partial charge in [0, 0.05) is 22.7 Å². The van der Waals surface area contributed by atoms with E-state index in [1.54, 1.807) is 29.8 Å². The minimum absolute atomic E-state index is 0.115. The first-order valence-corrected chi connectivity index (χ1v) is 11.1. The fraction of sp³-hybridized carbons (Fsp3) is 0.0435. The Morgan fingerprint density at radius 1 is 1.10 bits per heavy atom. The number of halogens is 1. The van der Waals surface area contributed by atoms with Gasteiger partial charge in [-0.1, -0.05) is 30.3 Å². The first-order chi connectivity index (χ1) is 15.1. The molecule has 1 saturated heterocycles. The molecule has 5 rings (SSSR count). The summed E-state index contributed by atoms with van der Waals surface area (Å²) in [4.78, 5) is 23.7. The second-order valence-corrected chi connectivity index (χ2v) is 8.74. The molecule has 2 aliphatic rings. The van der Waals surface area contributed by atoms with Crippen molar-refractivity contribution in [3.8, 4) is 0 Å². The number of amidine groups is 1. The van der Waals surface area contributed by atoms with Gasteiger partial charge in [0.15, 0.2) is 10.3 Å². The molecular weight excluding hydrogens is 431 g/mol. The summed E-state index contributed by atoms with van der Waals surface area (Å²) in [7, 11) is 0. The van der Waals surface area contributed by atoms with Crippen LogP contribution in [0.3, 0.4) is 0 Å². The number of amides is 1. The summed E-state index contributed by atoms with van der Waals surface area (Å²) in [6.45, 7) is 0. The molecule has 8 heteroatoms. The number of rotatable bonds is 4. The summed E-state index contributed by atoms with van der Waals surface area (Å²) >= 11 is 2.40. The number of carbonyl (C=O) groups is 1. The number of thioether (sulfide) groups is 1. The summed E-state index contributed by atoms with van der Waals surface area (Å²) in [5.74, 6) is -0.604. The molecule has 2 aliphatic heterocycles. The maximum absolute atomic E-state index is 13.5. The first-order valence-electron chi connectivity index (χ1n) is 9.43. The van der Waals surface area contributed by atoms with Crippen molar-refractivity contribution in [1.82, 2.24) is 4.98 Å². The zero-order valence-electron chi connectivity index (χ0n) is 16.0. The normalized spacial score (nSPS) is 19.8. The van der Waals surface area contributed by atoms with Gasteiger partial charge in [0.25, 0.3) is 5.91 Å². The van der Waals surface area contributed by atoms with Crippen LogP contribution in [-0.4, -0.2) is 21.8 Å². The van der Waals surface area contributed by atoms with Crippen molar-refractivity contribution in [2.75, 3.05) is 4.90 Å². The number of anilines is 1. The molecule has 3 heterocycles. The van der Waals surface area contributed by atoms with Crippen molar-refractivity contribution in [3.05, 3.63) is 106 Å². The summed E-state index contributed by atoms with van der Waals surface area (Å²) in [6.07, 6.45) is 5.36. The van der Waals surface area contributed by atoms with Crippen molar-refractivity contribution in [1.29, 1.82) is 5.41 Å². The van der Waals surface area contributed by atoms with Crippen LogP contribution in [0.1, 0.15) is 17.2 Å². The maximum atomic E-state index is 13.5. The summed E-state index contributed by atoms with van der Waals surface area (Å²) in [5, 5.41) is 10.6. The molecule has 1 unspecified atom stereocenters. The summed E-state index contributed by atoms with van der Waals surface area (Å²) in [6, 6.07) is 15.8. The van der Waals surface area contributed by atoms with E-state index in [1.165, 1.54) is 28.4 Å². The van der Waals surface area contributed by atoms with Crippen LogP contribution in [0.5, 0.6) is 0 Å². The average Bonchev–Trinajstić information content (AvgIpc) is 3.50. The zero-order chi connectivity index (χ0) is 21.4. The van der Waals surface area contributed by atoms with Gasteiger partial charge in [-0.15, -0.1) is 11.3 Å². The van der Waals surface area contributed by atoms with Crippen LogP contribution in [-0.2, 0) is 4.79 Å². The molecule has 0 saturated carbocycles. The van der Waals surface area contributed by atoms with E-state index in [9.17, 15) is 9.18 Å². The third kappa shape index (κ3) is 3.75. The molecule has 1 atom stereocenters. The standard InChI is InChI=1S/C23H15FN4OS2/c24-17-8-6-15(7-9-17)20-16(12-18(27-20)14-4-2-1-3-5-14)13-19-21(29)28(22(25)31-19)23-26-10-11-30-23/h1-13,18,25H/b19-13-,25-22?. The van der Waals surface area contributed by atoms with Crippen LogP contribution in [0.15, 0.2) is 93.8 Å². The van der Waals surface area contributed by atoms with Crippen molar-refractivity contribution in [2.45, 2.75) is 6.04 Å². The van der Waals surface area contributed by atoms with E-state index in [-0.39, 0.29) is 22.9 Å². The molecule has 2 aromatic carbocycles. The number of hydrogen-bond acceptors (Lipinski definition) is 6. The maximum Gasteiger partial charge on any atom is 0.273 e. The number of hydrogen-bond donors (Lipinski definition) is 1. The molecule has 1 amide bonds.